The molecule has 2 aromatic carbocycles. The lowest BCUT2D eigenvalue weighted by atomic mass is 10.2. The van der Waals surface area contributed by atoms with Gasteiger partial charge in [-0.1, -0.05) is 34.1 Å². The van der Waals surface area contributed by atoms with Crippen LogP contribution in [-0.2, 0) is 4.79 Å². The number of aryl methyl sites for hydroxylation is 1. The van der Waals surface area contributed by atoms with E-state index < -0.39 is 0 Å². The van der Waals surface area contributed by atoms with E-state index in [1.165, 1.54) is 0 Å². The van der Waals surface area contributed by atoms with Crippen LogP contribution in [0.1, 0.15) is 12.5 Å². The summed E-state index contributed by atoms with van der Waals surface area (Å²) >= 11 is 3.46. The average molecular weight is 347 g/mol. The number of likely N-dealkylation sites (N-methyl/N-ethyl adjacent to an activating group) is 1. The molecule has 0 spiro atoms. The van der Waals surface area contributed by atoms with Crippen LogP contribution in [0.3, 0.4) is 0 Å². The van der Waals surface area contributed by atoms with E-state index in [2.05, 4.69) is 21.2 Å². The summed E-state index contributed by atoms with van der Waals surface area (Å²) in [5.41, 5.74) is 2.98. The van der Waals surface area contributed by atoms with E-state index in [0.717, 1.165) is 28.0 Å². The molecule has 0 aliphatic rings. The van der Waals surface area contributed by atoms with Crippen LogP contribution >= 0.6 is 15.9 Å². The van der Waals surface area contributed by atoms with Gasteiger partial charge in [-0.25, -0.2) is 0 Å². The van der Waals surface area contributed by atoms with Crippen LogP contribution in [0.5, 0.6) is 0 Å². The van der Waals surface area contributed by atoms with Crippen molar-refractivity contribution >= 4 is 33.2 Å². The molecule has 0 aromatic heterocycles. The second kappa shape index (κ2) is 7.27. The van der Waals surface area contributed by atoms with E-state index in [4.69, 9.17) is 0 Å². The molecule has 0 unspecified atom stereocenters. The van der Waals surface area contributed by atoms with Gasteiger partial charge in [0.05, 0.1) is 6.54 Å². The molecule has 2 rings (SSSR count). The van der Waals surface area contributed by atoms with Crippen LogP contribution < -0.4 is 10.2 Å². The lowest BCUT2D eigenvalue weighted by Crippen LogP contribution is -2.33. The minimum absolute atomic E-state index is 0.0116. The number of benzene rings is 2. The molecule has 0 atom stereocenters. The van der Waals surface area contributed by atoms with Crippen LogP contribution in [0.15, 0.2) is 53.0 Å². The van der Waals surface area contributed by atoms with Crippen molar-refractivity contribution in [1.29, 1.82) is 0 Å². The van der Waals surface area contributed by atoms with Gasteiger partial charge in [0, 0.05) is 22.4 Å². The van der Waals surface area contributed by atoms with Gasteiger partial charge in [0.2, 0.25) is 5.91 Å². The highest BCUT2D eigenvalue weighted by atomic mass is 79.9. The van der Waals surface area contributed by atoms with Gasteiger partial charge in [0.1, 0.15) is 0 Å². The number of nitrogens with zero attached hydrogens (tertiary/aromatic N) is 1. The molecule has 0 bridgehead atoms. The van der Waals surface area contributed by atoms with E-state index in [0.29, 0.717) is 6.54 Å². The van der Waals surface area contributed by atoms with Crippen molar-refractivity contribution in [2.45, 2.75) is 13.8 Å². The minimum Gasteiger partial charge on any atom is -0.362 e. The molecule has 3 nitrogen and oxygen atoms in total. The van der Waals surface area contributed by atoms with Gasteiger partial charge in [-0.05, 0) is 49.7 Å². The number of hydrogen-bond donors (Lipinski definition) is 1. The Balaban J connectivity index is 2.01. The van der Waals surface area contributed by atoms with Gasteiger partial charge >= 0.3 is 0 Å². The number of hydrogen-bond acceptors (Lipinski definition) is 2. The van der Waals surface area contributed by atoms with Crippen molar-refractivity contribution in [3.8, 4) is 0 Å². The molecule has 0 aliphatic heterocycles. The third-order valence-electron chi connectivity index (χ3n) is 3.28. The lowest BCUT2D eigenvalue weighted by Gasteiger charge is -2.22. The molecule has 110 valence electrons. The molecular weight excluding hydrogens is 328 g/mol. The van der Waals surface area contributed by atoms with Crippen LogP contribution in [0.2, 0.25) is 0 Å². The second-order valence-corrected chi connectivity index (χ2v) is 5.72. The zero-order valence-electron chi connectivity index (χ0n) is 12.3. The molecular formula is C17H19BrN2O. The summed E-state index contributed by atoms with van der Waals surface area (Å²) in [4.78, 5) is 14.2. The third-order valence-corrected chi connectivity index (χ3v) is 4.17. The number of carbonyl (C=O) groups excluding carboxylic acids is 1. The van der Waals surface area contributed by atoms with Crippen LogP contribution in [0.4, 0.5) is 11.4 Å². The Labute approximate surface area is 134 Å². The Kier molecular flexibility index (Phi) is 5.39. The molecule has 0 fully saturated rings. The fourth-order valence-corrected chi connectivity index (χ4v) is 2.37. The molecule has 1 amide bonds. The fourth-order valence-electron chi connectivity index (χ4n) is 2.12. The standard InChI is InChI=1S/C17H19BrN2O/c1-3-20(15-7-5-4-6-8-15)12-17(21)19-14-9-10-16(18)13(2)11-14/h4-11H,3,12H2,1-2H3,(H,19,21). The van der Waals surface area contributed by atoms with Gasteiger partial charge in [-0.2, -0.15) is 0 Å². The molecule has 2 aromatic rings. The number of carbonyl (C=O) groups is 1. The van der Waals surface area contributed by atoms with Crippen molar-refractivity contribution in [2.24, 2.45) is 0 Å². The van der Waals surface area contributed by atoms with Crippen LogP contribution in [0, 0.1) is 6.92 Å². The van der Waals surface area contributed by atoms with E-state index in [1.54, 1.807) is 0 Å². The molecule has 0 saturated carbocycles. The zero-order valence-corrected chi connectivity index (χ0v) is 13.9. The summed E-state index contributed by atoms with van der Waals surface area (Å²) < 4.78 is 1.04. The monoisotopic (exact) mass is 346 g/mol. The highest BCUT2D eigenvalue weighted by Gasteiger charge is 2.10. The highest BCUT2D eigenvalue weighted by Crippen LogP contribution is 2.20. The molecule has 0 heterocycles. The summed E-state index contributed by atoms with van der Waals surface area (Å²) in [6.45, 7) is 5.18. The normalized spacial score (nSPS) is 10.2. The number of rotatable bonds is 5. The van der Waals surface area contributed by atoms with Gasteiger partial charge in [0.15, 0.2) is 0 Å². The molecule has 0 saturated heterocycles. The van der Waals surface area contributed by atoms with Crippen molar-refractivity contribution < 1.29 is 4.79 Å². The molecule has 1 N–H and O–H groups in total. The fraction of sp³-hybridized carbons (Fsp3) is 0.235. The van der Waals surface area contributed by atoms with E-state index in [9.17, 15) is 4.79 Å². The number of halogens is 1. The molecule has 4 heteroatoms. The summed E-state index contributed by atoms with van der Waals surface area (Å²) in [7, 11) is 0. The Bertz CT molecular complexity index is 613. The molecule has 21 heavy (non-hydrogen) atoms. The van der Waals surface area contributed by atoms with Crippen LogP contribution in [-0.4, -0.2) is 19.0 Å². The first-order chi connectivity index (χ1) is 10.1. The SMILES string of the molecule is CCN(CC(=O)Nc1ccc(Br)c(C)c1)c1ccccc1. The topological polar surface area (TPSA) is 32.3 Å². The largest absolute Gasteiger partial charge is 0.362 e. The Morgan fingerprint density at radius 2 is 1.90 bits per heavy atom. The predicted octanol–water partition coefficient (Wildman–Crippen LogP) is 4.22. The van der Waals surface area contributed by atoms with Crippen molar-refractivity contribution in [3.05, 3.63) is 58.6 Å². The van der Waals surface area contributed by atoms with Crippen molar-refractivity contribution in [2.75, 3.05) is 23.3 Å². The maximum atomic E-state index is 12.2. The summed E-state index contributed by atoms with van der Waals surface area (Å²) in [6.07, 6.45) is 0. The Morgan fingerprint density at radius 1 is 1.19 bits per heavy atom. The smallest absolute Gasteiger partial charge is 0.243 e. The maximum Gasteiger partial charge on any atom is 0.243 e. The number of para-hydroxylation sites is 1. The zero-order chi connectivity index (χ0) is 15.2. The van der Waals surface area contributed by atoms with E-state index in [1.807, 2.05) is 67.3 Å². The molecule has 0 radical (unpaired) electrons. The number of anilines is 2. The summed E-state index contributed by atoms with van der Waals surface area (Å²) in [5.74, 6) is -0.0116. The van der Waals surface area contributed by atoms with Gasteiger partial charge in [-0.15, -0.1) is 0 Å². The average Bonchev–Trinajstić information content (AvgIpc) is 2.49. The number of nitrogens with one attached hydrogen (secondary N) is 1. The summed E-state index contributed by atoms with van der Waals surface area (Å²) in [6, 6.07) is 15.8. The Morgan fingerprint density at radius 3 is 2.52 bits per heavy atom. The summed E-state index contributed by atoms with van der Waals surface area (Å²) in [5, 5.41) is 2.94. The number of amides is 1. The first kappa shape index (κ1) is 15.6. The third kappa shape index (κ3) is 4.33. The van der Waals surface area contributed by atoms with Crippen molar-refractivity contribution in [3.63, 3.8) is 0 Å². The first-order valence-electron chi connectivity index (χ1n) is 6.96. The van der Waals surface area contributed by atoms with Crippen LogP contribution in [0.25, 0.3) is 0 Å². The van der Waals surface area contributed by atoms with Gasteiger partial charge < -0.3 is 10.2 Å². The van der Waals surface area contributed by atoms with E-state index >= 15 is 0 Å². The predicted molar refractivity (Wildman–Crippen MR) is 91.8 cm³/mol. The first-order valence-corrected chi connectivity index (χ1v) is 7.75. The highest BCUT2D eigenvalue weighted by molar-refractivity contribution is 9.10. The van der Waals surface area contributed by atoms with E-state index in [-0.39, 0.29) is 5.91 Å². The van der Waals surface area contributed by atoms with Gasteiger partial charge in [-0.3, -0.25) is 4.79 Å². The Hall–Kier alpha value is -1.81. The minimum atomic E-state index is -0.0116. The second-order valence-electron chi connectivity index (χ2n) is 4.86. The lowest BCUT2D eigenvalue weighted by molar-refractivity contribution is -0.115. The maximum absolute atomic E-state index is 12.2. The molecule has 0 aliphatic carbocycles. The van der Waals surface area contributed by atoms with Crippen molar-refractivity contribution in [1.82, 2.24) is 0 Å². The van der Waals surface area contributed by atoms with Gasteiger partial charge in [0.25, 0.3) is 0 Å². The quantitative estimate of drug-likeness (QED) is 0.878.